The van der Waals surface area contributed by atoms with Gasteiger partial charge in [0.1, 0.15) is 18.0 Å². The van der Waals surface area contributed by atoms with Gasteiger partial charge in [-0.25, -0.2) is 9.97 Å². The van der Waals surface area contributed by atoms with Crippen molar-refractivity contribution < 1.29 is 9.47 Å². The van der Waals surface area contributed by atoms with Gasteiger partial charge in [-0.15, -0.1) is 0 Å². The normalized spacial score (nSPS) is 21.1. The second-order valence-corrected chi connectivity index (χ2v) is 7.60. The monoisotopic (exact) mass is 385 g/mol. The lowest BCUT2D eigenvalue weighted by Crippen LogP contribution is -2.35. The van der Waals surface area contributed by atoms with Gasteiger partial charge in [0.05, 0.1) is 18.8 Å². The van der Waals surface area contributed by atoms with Crippen LogP contribution in [0.2, 0.25) is 0 Å². The highest BCUT2D eigenvalue weighted by Gasteiger charge is 2.34. The Labute approximate surface area is 167 Å². The Morgan fingerprint density at radius 1 is 1.36 bits per heavy atom. The van der Waals surface area contributed by atoms with E-state index in [4.69, 9.17) is 14.9 Å². The highest BCUT2D eigenvalue weighted by atomic mass is 16.7. The van der Waals surface area contributed by atoms with Crippen LogP contribution in [0.1, 0.15) is 45.6 Å². The zero-order valence-corrected chi connectivity index (χ0v) is 17.3. The van der Waals surface area contributed by atoms with Gasteiger partial charge in [-0.2, -0.15) is 0 Å². The minimum absolute atomic E-state index is 0.501. The van der Waals surface area contributed by atoms with E-state index in [0.29, 0.717) is 37.1 Å². The Hall–Kier alpha value is -2.25. The number of rotatable bonds is 8. The number of hydrogen-bond donors (Lipinski definition) is 2. The molecular formula is C21H31N5O2. The standard InChI is InChI=1S/C21H31N5O2/c1-5-21(27-10-11-28-21)8-9-26(4)20-17(13-22)19(23-14-24-20)25-18-7-6-15(2)12-16(18)3/h6-7,13-15,22H,5,8-12H2,1-4H3,(H,23,24,25). The minimum Gasteiger partial charge on any atom is -0.359 e. The molecule has 0 saturated carbocycles. The van der Waals surface area contributed by atoms with Crippen LogP contribution in [-0.4, -0.2) is 48.8 Å². The van der Waals surface area contributed by atoms with Crippen molar-refractivity contribution in [2.45, 2.75) is 45.8 Å². The maximum atomic E-state index is 7.94. The molecule has 3 rings (SSSR count). The van der Waals surface area contributed by atoms with Crippen LogP contribution >= 0.6 is 0 Å². The SMILES string of the molecule is CCC1(CCN(C)c2ncnc(NC3=C(C)CC(C)C=C3)c2C=N)OCCO1. The first-order valence-corrected chi connectivity index (χ1v) is 9.97. The molecule has 0 amide bonds. The van der Waals surface area contributed by atoms with Crippen LogP contribution < -0.4 is 10.2 Å². The van der Waals surface area contributed by atoms with Gasteiger partial charge in [-0.1, -0.05) is 19.9 Å². The van der Waals surface area contributed by atoms with Gasteiger partial charge < -0.3 is 25.1 Å². The van der Waals surface area contributed by atoms with Crippen molar-refractivity contribution in [3.63, 3.8) is 0 Å². The lowest BCUT2D eigenvalue weighted by atomic mass is 9.95. The van der Waals surface area contributed by atoms with Crippen molar-refractivity contribution in [1.82, 2.24) is 9.97 Å². The number of anilines is 2. The molecule has 152 valence electrons. The van der Waals surface area contributed by atoms with E-state index in [2.05, 4.69) is 48.2 Å². The first kappa shape index (κ1) is 20.5. The molecule has 0 aromatic carbocycles. The summed E-state index contributed by atoms with van der Waals surface area (Å²) in [6.45, 7) is 8.42. The number of allylic oxidation sites excluding steroid dienone is 3. The van der Waals surface area contributed by atoms with E-state index in [0.717, 1.165) is 30.8 Å². The number of ether oxygens (including phenoxy) is 2. The van der Waals surface area contributed by atoms with Crippen molar-refractivity contribution >= 4 is 17.9 Å². The predicted octanol–water partition coefficient (Wildman–Crippen LogP) is 3.74. The third-order valence-electron chi connectivity index (χ3n) is 5.48. The van der Waals surface area contributed by atoms with Crippen LogP contribution in [0, 0.1) is 11.3 Å². The maximum absolute atomic E-state index is 7.94. The Morgan fingerprint density at radius 3 is 2.75 bits per heavy atom. The lowest BCUT2D eigenvalue weighted by molar-refractivity contribution is -0.161. The fourth-order valence-electron chi connectivity index (χ4n) is 3.73. The van der Waals surface area contributed by atoms with Gasteiger partial charge in [-0.05, 0) is 37.3 Å². The summed E-state index contributed by atoms with van der Waals surface area (Å²) < 4.78 is 11.6. The van der Waals surface area contributed by atoms with E-state index in [1.807, 2.05) is 11.9 Å². The third-order valence-corrected chi connectivity index (χ3v) is 5.48. The van der Waals surface area contributed by atoms with Gasteiger partial charge in [0.2, 0.25) is 0 Å². The number of hydrogen-bond acceptors (Lipinski definition) is 7. The van der Waals surface area contributed by atoms with Gasteiger partial charge in [-0.3, -0.25) is 0 Å². The van der Waals surface area contributed by atoms with Gasteiger partial charge in [0, 0.05) is 31.9 Å². The molecule has 0 spiro atoms. The summed E-state index contributed by atoms with van der Waals surface area (Å²) in [5.74, 6) is 1.42. The van der Waals surface area contributed by atoms with E-state index < -0.39 is 5.79 Å². The van der Waals surface area contributed by atoms with Gasteiger partial charge >= 0.3 is 0 Å². The molecule has 1 saturated heterocycles. The molecule has 1 aromatic rings. The summed E-state index contributed by atoms with van der Waals surface area (Å²) in [5.41, 5.74) is 3.02. The van der Waals surface area contributed by atoms with E-state index in [9.17, 15) is 0 Å². The molecule has 7 heteroatoms. The predicted molar refractivity (Wildman–Crippen MR) is 112 cm³/mol. The number of nitrogens with zero attached hydrogens (tertiary/aromatic N) is 3. The van der Waals surface area contributed by atoms with Crippen LogP contribution in [0.5, 0.6) is 0 Å². The number of nitrogens with one attached hydrogen (secondary N) is 2. The van der Waals surface area contributed by atoms with E-state index in [1.54, 1.807) is 6.33 Å². The van der Waals surface area contributed by atoms with Crippen molar-refractivity contribution in [1.29, 1.82) is 5.41 Å². The fourth-order valence-corrected chi connectivity index (χ4v) is 3.73. The Kier molecular flexibility index (Phi) is 6.46. The fraction of sp³-hybridized carbons (Fsp3) is 0.571. The average Bonchev–Trinajstić information content (AvgIpc) is 3.17. The van der Waals surface area contributed by atoms with Crippen LogP contribution in [-0.2, 0) is 9.47 Å². The summed E-state index contributed by atoms with van der Waals surface area (Å²) in [7, 11) is 1.98. The van der Waals surface area contributed by atoms with Crippen LogP contribution in [0.15, 0.2) is 29.7 Å². The van der Waals surface area contributed by atoms with E-state index in [-0.39, 0.29) is 0 Å². The zero-order valence-electron chi connectivity index (χ0n) is 17.3. The lowest BCUT2D eigenvalue weighted by Gasteiger charge is -2.29. The maximum Gasteiger partial charge on any atom is 0.169 e. The largest absolute Gasteiger partial charge is 0.359 e. The second-order valence-electron chi connectivity index (χ2n) is 7.60. The summed E-state index contributed by atoms with van der Waals surface area (Å²) in [6.07, 6.45) is 9.74. The number of aromatic nitrogens is 2. The molecule has 1 aliphatic carbocycles. The summed E-state index contributed by atoms with van der Waals surface area (Å²) in [6, 6.07) is 0. The summed E-state index contributed by atoms with van der Waals surface area (Å²) in [5, 5.41) is 11.3. The summed E-state index contributed by atoms with van der Waals surface area (Å²) in [4.78, 5) is 10.9. The molecule has 1 fully saturated rings. The molecule has 7 nitrogen and oxygen atoms in total. The van der Waals surface area contributed by atoms with Crippen molar-refractivity contribution in [2.24, 2.45) is 5.92 Å². The molecule has 2 N–H and O–H groups in total. The topological polar surface area (TPSA) is 83.4 Å². The molecular weight excluding hydrogens is 354 g/mol. The van der Waals surface area contributed by atoms with Gasteiger partial charge in [0.15, 0.2) is 5.79 Å². The second kappa shape index (κ2) is 8.84. The summed E-state index contributed by atoms with van der Waals surface area (Å²) >= 11 is 0. The molecule has 1 aromatic heterocycles. The molecule has 2 heterocycles. The molecule has 1 unspecified atom stereocenters. The van der Waals surface area contributed by atoms with Crippen molar-refractivity contribution in [2.75, 3.05) is 37.0 Å². The molecule has 0 radical (unpaired) electrons. The third kappa shape index (κ3) is 4.42. The molecule has 2 aliphatic rings. The van der Waals surface area contributed by atoms with Crippen molar-refractivity contribution in [3.8, 4) is 0 Å². The van der Waals surface area contributed by atoms with E-state index >= 15 is 0 Å². The first-order chi connectivity index (χ1) is 13.5. The Balaban J connectivity index is 1.77. The zero-order chi connectivity index (χ0) is 20.1. The van der Waals surface area contributed by atoms with Crippen LogP contribution in [0.3, 0.4) is 0 Å². The Bertz CT molecular complexity index is 768. The highest BCUT2D eigenvalue weighted by Crippen LogP contribution is 2.30. The molecule has 0 bridgehead atoms. The van der Waals surface area contributed by atoms with Crippen molar-refractivity contribution in [3.05, 3.63) is 35.3 Å². The van der Waals surface area contributed by atoms with E-state index in [1.165, 1.54) is 11.8 Å². The Morgan fingerprint density at radius 2 is 2.11 bits per heavy atom. The highest BCUT2D eigenvalue weighted by molar-refractivity contribution is 5.91. The molecule has 1 aliphatic heterocycles. The van der Waals surface area contributed by atoms with Gasteiger partial charge in [0.25, 0.3) is 0 Å². The smallest absolute Gasteiger partial charge is 0.169 e. The van der Waals surface area contributed by atoms with Crippen LogP contribution in [0.25, 0.3) is 0 Å². The molecule has 1 atom stereocenters. The van der Waals surface area contributed by atoms with Crippen LogP contribution in [0.4, 0.5) is 11.6 Å². The minimum atomic E-state index is -0.501. The molecule has 28 heavy (non-hydrogen) atoms. The quantitative estimate of drug-likeness (QED) is 0.664. The first-order valence-electron chi connectivity index (χ1n) is 9.97. The average molecular weight is 386 g/mol.